The molecule has 0 aliphatic heterocycles. The van der Waals surface area contributed by atoms with E-state index in [1.165, 1.54) is 0 Å². The predicted molar refractivity (Wildman–Crippen MR) is 80.6 cm³/mol. The number of carbonyl (C=O) groups excluding carboxylic acids is 1. The van der Waals surface area contributed by atoms with Crippen LogP contribution < -0.4 is 10.5 Å². The lowest BCUT2D eigenvalue weighted by molar-refractivity contribution is -0.131. The van der Waals surface area contributed by atoms with Crippen LogP contribution in [0.2, 0.25) is 0 Å². The fraction of sp³-hybridized carbons (Fsp3) is 0.429. The summed E-state index contributed by atoms with van der Waals surface area (Å²) >= 11 is 4.96. The van der Waals surface area contributed by atoms with Crippen LogP contribution in [0, 0.1) is 13.8 Å². The van der Waals surface area contributed by atoms with E-state index in [4.69, 9.17) is 22.7 Å². The van der Waals surface area contributed by atoms with Gasteiger partial charge >= 0.3 is 0 Å². The maximum atomic E-state index is 11.7. The molecule has 1 amide bonds. The molecule has 1 aromatic rings. The van der Waals surface area contributed by atoms with Crippen molar-refractivity contribution in [3.05, 3.63) is 28.8 Å². The first-order valence-corrected chi connectivity index (χ1v) is 6.55. The Bertz CT molecular complexity index is 477. The molecule has 5 heteroatoms. The van der Waals surface area contributed by atoms with E-state index < -0.39 is 0 Å². The average molecular weight is 280 g/mol. The molecule has 0 saturated carbocycles. The van der Waals surface area contributed by atoms with Gasteiger partial charge in [-0.3, -0.25) is 4.79 Å². The van der Waals surface area contributed by atoms with Crippen LogP contribution in [-0.4, -0.2) is 36.0 Å². The number of rotatable bonds is 5. The van der Waals surface area contributed by atoms with E-state index in [-0.39, 0.29) is 12.5 Å². The van der Waals surface area contributed by atoms with Crippen molar-refractivity contribution in [1.29, 1.82) is 0 Å². The smallest absolute Gasteiger partial charge is 0.260 e. The number of hydrogen-bond acceptors (Lipinski definition) is 3. The highest BCUT2D eigenvalue weighted by Crippen LogP contribution is 2.24. The molecule has 0 fully saturated rings. The van der Waals surface area contributed by atoms with Gasteiger partial charge in [0.1, 0.15) is 10.7 Å². The zero-order chi connectivity index (χ0) is 14.6. The van der Waals surface area contributed by atoms with Gasteiger partial charge in [0.15, 0.2) is 6.61 Å². The van der Waals surface area contributed by atoms with Crippen molar-refractivity contribution >= 4 is 23.1 Å². The van der Waals surface area contributed by atoms with Crippen molar-refractivity contribution in [2.45, 2.75) is 20.8 Å². The zero-order valence-corrected chi connectivity index (χ0v) is 12.6. The van der Waals surface area contributed by atoms with Gasteiger partial charge in [-0.15, -0.1) is 0 Å². The molecule has 2 N–H and O–H groups in total. The largest absolute Gasteiger partial charge is 0.483 e. The summed E-state index contributed by atoms with van der Waals surface area (Å²) in [6, 6.07) is 3.75. The Balaban J connectivity index is 2.85. The molecular weight excluding hydrogens is 260 g/mol. The Labute approximate surface area is 119 Å². The van der Waals surface area contributed by atoms with Crippen LogP contribution >= 0.6 is 12.2 Å². The van der Waals surface area contributed by atoms with Crippen LogP contribution in [0.15, 0.2) is 12.1 Å². The number of carbonyl (C=O) groups is 1. The molecule has 0 spiro atoms. The number of ether oxygens (including phenoxy) is 1. The van der Waals surface area contributed by atoms with Crippen LogP contribution in [-0.2, 0) is 4.79 Å². The molecule has 0 heterocycles. The Hall–Kier alpha value is -1.62. The molecular formula is C14H20N2O2S. The summed E-state index contributed by atoms with van der Waals surface area (Å²) in [4.78, 5) is 13.7. The summed E-state index contributed by atoms with van der Waals surface area (Å²) in [5.41, 5.74) is 8.28. The molecule has 19 heavy (non-hydrogen) atoms. The number of amides is 1. The van der Waals surface area contributed by atoms with Gasteiger partial charge in [-0.2, -0.15) is 0 Å². The molecule has 104 valence electrons. The van der Waals surface area contributed by atoms with Crippen molar-refractivity contribution < 1.29 is 9.53 Å². The van der Waals surface area contributed by atoms with E-state index >= 15 is 0 Å². The van der Waals surface area contributed by atoms with E-state index in [0.29, 0.717) is 11.5 Å². The van der Waals surface area contributed by atoms with Gasteiger partial charge in [-0.25, -0.2) is 0 Å². The number of aryl methyl sites for hydroxylation is 2. The fourth-order valence-corrected chi connectivity index (χ4v) is 1.86. The predicted octanol–water partition coefficient (Wildman–Crippen LogP) is 1.79. The first kappa shape index (κ1) is 15.4. The third kappa shape index (κ3) is 3.92. The number of likely N-dealkylation sites (N-methyl/N-ethyl adjacent to an activating group) is 1. The number of benzene rings is 1. The van der Waals surface area contributed by atoms with E-state index in [9.17, 15) is 4.79 Å². The lowest BCUT2D eigenvalue weighted by Crippen LogP contribution is -2.31. The second-order valence-electron chi connectivity index (χ2n) is 4.50. The Morgan fingerprint density at radius 1 is 1.37 bits per heavy atom. The fourth-order valence-electron chi connectivity index (χ4n) is 1.74. The summed E-state index contributed by atoms with van der Waals surface area (Å²) in [7, 11) is 1.75. The Morgan fingerprint density at radius 2 is 1.89 bits per heavy atom. The molecule has 1 aromatic carbocycles. The summed E-state index contributed by atoms with van der Waals surface area (Å²) in [6.07, 6.45) is 0. The van der Waals surface area contributed by atoms with Gasteiger partial charge < -0.3 is 15.4 Å². The topological polar surface area (TPSA) is 55.6 Å². The number of hydrogen-bond donors (Lipinski definition) is 1. The summed E-state index contributed by atoms with van der Waals surface area (Å²) < 4.78 is 5.61. The van der Waals surface area contributed by atoms with Crippen molar-refractivity contribution in [2.75, 3.05) is 20.2 Å². The third-order valence-electron chi connectivity index (χ3n) is 2.98. The van der Waals surface area contributed by atoms with E-state index in [1.54, 1.807) is 11.9 Å². The molecule has 0 saturated heterocycles. The highest BCUT2D eigenvalue weighted by molar-refractivity contribution is 7.80. The molecule has 0 bridgehead atoms. The molecule has 0 atom stereocenters. The standard InChI is InChI=1S/C14H20N2O2S/c1-5-16(4)12(17)8-18-13-9(2)6-11(14(15)19)7-10(13)3/h6-7H,5,8H2,1-4H3,(H2,15,19). The number of nitrogens with zero attached hydrogens (tertiary/aromatic N) is 1. The SMILES string of the molecule is CCN(C)C(=O)COc1c(C)cc(C(N)=S)cc1C. The number of thiocarbonyl (C=S) groups is 1. The van der Waals surface area contributed by atoms with Gasteiger partial charge in [0.05, 0.1) is 0 Å². The second-order valence-corrected chi connectivity index (χ2v) is 4.94. The zero-order valence-electron chi connectivity index (χ0n) is 11.8. The van der Waals surface area contributed by atoms with Crippen LogP contribution in [0.5, 0.6) is 5.75 Å². The minimum Gasteiger partial charge on any atom is -0.483 e. The van der Waals surface area contributed by atoms with Gasteiger partial charge in [-0.05, 0) is 44.0 Å². The second kappa shape index (κ2) is 6.52. The molecule has 0 aliphatic rings. The van der Waals surface area contributed by atoms with Crippen molar-refractivity contribution in [2.24, 2.45) is 5.73 Å². The lowest BCUT2D eigenvalue weighted by atomic mass is 10.1. The summed E-state index contributed by atoms with van der Waals surface area (Å²) in [6.45, 7) is 6.46. The lowest BCUT2D eigenvalue weighted by Gasteiger charge is -2.17. The average Bonchev–Trinajstić information content (AvgIpc) is 2.36. The van der Waals surface area contributed by atoms with Crippen LogP contribution in [0.1, 0.15) is 23.6 Å². The van der Waals surface area contributed by atoms with E-state index in [0.717, 1.165) is 22.4 Å². The third-order valence-corrected chi connectivity index (χ3v) is 3.22. The van der Waals surface area contributed by atoms with Crippen molar-refractivity contribution in [1.82, 2.24) is 4.90 Å². The van der Waals surface area contributed by atoms with Crippen molar-refractivity contribution in [3.63, 3.8) is 0 Å². The Kier molecular flexibility index (Phi) is 5.30. The minimum absolute atomic E-state index is 0.0401. The van der Waals surface area contributed by atoms with Crippen molar-refractivity contribution in [3.8, 4) is 5.75 Å². The van der Waals surface area contributed by atoms with Crippen LogP contribution in [0.4, 0.5) is 0 Å². The molecule has 0 radical (unpaired) electrons. The molecule has 0 aliphatic carbocycles. The van der Waals surface area contributed by atoms with Gasteiger partial charge in [-0.1, -0.05) is 12.2 Å². The van der Waals surface area contributed by atoms with Crippen LogP contribution in [0.3, 0.4) is 0 Å². The highest BCUT2D eigenvalue weighted by atomic mass is 32.1. The van der Waals surface area contributed by atoms with Gasteiger partial charge in [0, 0.05) is 19.2 Å². The maximum absolute atomic E-state index is 11.7. The Morgan fingerprint density at radius 3 is 2.32 bits per heavy atom. The molecule has 0 aromatic heterocycles. The van der Waals surface area contributed by atoms with Gasteiger partial charge in [0.25, 0.3) is 5.91 Å². The minimum atomic E-state index is -0.0419. The quantitative estimate of drug-likeness (QED) is 0.836. The highest BCUT2D eigenvalue weighted by Gasteiger charge is 2.12. The number of nitrogens with two attached hydrogens (primary N) is 1. The molecule has 4 nitrogen and oxygen atoms in total. The molecule has 0 unspecified atom stereocenters. The first-order chi connectivity index (χ1) is 8.86. The first-order valence-electron chi connectivity index (χ1n) is 6.14. The summed E-state index contributed by atoms with van der Waals surface area (Å²) in [5.74, 6) is 0.678. The molecule has 1 rings (SSSR count). The monoisotopic (exact) mass is 280 g/mol. The van der Waals surface area contributed by atoms with E-state index in [2.05, 4.69) is 0 Å². The normalized spacial score (nSPS) is 10.1. The van der Waals surface area contributed by atoms with E-state index in [1.807, 2.05) is 32.9 Å². The summed E-state index contributed by atoms with van der Waals surface area (Å²) in [5, 5.41) is 0. The van der Waals surface area contributed by atoms with Crippen LogP contribution in [0.25, 0.3) is 0 Å². The van der Waals surface area contributed by atoms with Gasteiger partial charge in [0.2, 0.25) is 0 Å². The maximum Gasteiger partial charge on any atom is 0.260 e.